The predicted molar refractivity (Wildman–Crippen MR) is 84.7 cm³/mol. The van der Waals surface area contributed by atoms with Crippen molar-refractivity contribution in [2.24, 2.45) is 0 Å². The number of esters is 1. The molecule has 0 aliphatic rings. The number of benzene rings is 2. The van der Waals surface area contributed by atoms with Gasteiger partial charge in [-0.15, -0.1) is 0 Å². The van der Waals surface area contributed by atoms with Gasteiger partial charge in [-0.25, -0.2) is 4.79 Å². The molecule has 0 aromatic heterocycles. The minimum atomic E-state index is -0.739. The minimum Gasteiger partial charge on any atom is -0.496 e. The number of ether oxygens (including phenoxy) is 2. The van der Waals surface area contributed by atoms with Crippen LogP contribution in [0.2, 0.25) is 0 Å². The largest absolute Gasteiger partial charge is 0.496 e. The Hall–Kier alpha value is -2.89. The average molecular weight is 315 g/mol. The number of hydrogen-bond donors (Lipinski definition) is 0. The highest BCUT2D eigenvalue weighted by atomic mass is 16.6. The normalized spacial score (nSPS) is 11.6. The van der Waals surface area contributed by atoms with Crippen LogP contribution in [0, 0.1) is 17.0 Å². The maximum atomic E-state index is 12.2. The molecule has 23 heavy (non-hydrogen) atoms. The van der Waals surface area contributed by atoms with Gasteiger partial charge >= 0.3 is 5.97 Å². The summed E-state index contributed by atoms with van der Waals surface area (Å²) in [5.74, 6) is 0.0201. The van der Waals surface area contributed by atoms with E-state index in [2.05, 4.69) is 0 Å². The van der Waals surface area contributed by atoms with Crippen LogP contribution in [0.1, 0.15) is 34.5 Å². The Morgan fingerprint density at radius 1 is 1.22 bits per heavy atom. The molecule has 0 N–H and O–H groups in total. The van der Waals surface area contributed by atoms with Crippen LogP contribution < -0.4 is 4.74 Å². The van der Waals surface area contributed by atoms with Gasteiger partial charge < -0.3 is 9.47 Å². The Kier molecular flexibility index (Phi) is 4.95. The molecule has 6 heteroatoms. The van der Waals surface area contributed by atoms with Crippen LogP contribution >= 0.6 is 0 Å². The molecular weight excluding hydrogens is 298 g/mol. The van der Waals surface area contributed by atoms with Gasteiger partial charge in [0.05, 0.1) is 23.2 Å². The first-order valence-electron chi connectivity index (χ1n) is 7.03. The molecule has 6 nitrogen and oxygen atoms in total. The third-order valence-corrected chi connectivity index (χ3v) is 3.50. The number of rotatable bonds is 5. The lowest BCUT2D eigenvalue weighted by Crippen LogP contribution is -2.11. The van der Waals surface area contributed by atoms with Crippen LogP contribution in [0.5, 0.6) is 5.75 Å². The van der Waals surface area contributed by atoms with Crippen molar-refractivity contribution in [3.63, 3.8) is 0 Å². The van der Waals surface area contributed by atoms with Gasteiger partial charge in [0.1, 0.15) is 11.9 Å². The monoisotopic (exact) mass is 315 g/mol. The van der Waals surface area contributed by atoms with E-state index in [0.29, 0.717) is 16.9 Å². The first-order valence-corrected chi connectivity index (χ1v) is 7.03. The molecule has 1 unspecified atom stereocenters. The Bertz CT molecular complexity index is 742. The molecule has 0 heterocycles. The number of aryl methyl sites for hydroxylation is 1. The highest BCUT2D eigenvalue weighted by Gasteiger charge is 2.22. The summed E-state index contributed by atoms with van der Waals surface area (Å²) in [4.78, 5) is 22.8. The summed E-state index contributed by atoms with van der Waals surface area (Å²) in [5.41, 5.74) is 1.51. The van der Waals surface area contributed by atoms with Gasteiger partial charge in [0.2, 0.25) is 0 Å². The number of nitrogens with zero attached hydrogens (tertiary/aromatic N) is 1. The zero-order valence-electron chi connectivity index (χ0n) is 13.1. The van der Waals surface area contributed by atoms with Gasteiger partial charge in [-0.3, -0.25) is 10.1 Å². The molecule has 0 aliphatic heterocycles. The summed E-state index contributed by atoms with van der Waals surface area (Å²) in [5, 5.41) is 11.1. The summed E-state index contributed by atoms with van der Waals surface area (Å²) in [6.45, 7) is 3.47. The highest BCUT2D eigenvalue weighted by Crippen LogP contribution is 2.28. The number of carbonyl (C=O) groups excluding carboxylic acids is 1. The first kappa shape index (κ1) is 16.5. The fraction of sp³-hybridized carbons (Fsp3) is 0.235. The van der Waals surface area contributed by atoms with Crippen LogP contribution in [0.4, 0.5) is 5.69 Å². The Morgan fingerprint density at radius 2 is 1.91 bits per heavy atom. The lowest BCUT2D eigenvalue weighted by atomic mass is 10.1. The lowest BCUT2D eigenvalue weighted by Gasteiger charge is -2.14. The van der Waals surface area contributed by atoms with Gasteiger partial charge in [-0.1, -0.05) is 18.2 Å². The van der Waals surface area contributed by atoms with Crippen LogP contribution in [-0.2, 0) is 4.74 Å². The van der Waals surface area contributed by atoms with Crippen LogP contribution in [0.25, 0.3) is 0 Å². The number of para-hydroxylation sites is 1. The molecule has 0 saturated carbocycles. The number of nitro groups is 1. The van der Waals surface area contributed by atoms with E-state index in [1.807, 2.05) is 6.92 Å². The van der Waals surface area contributed by atoms with Gasteiger partial charge in [0, 0.05) is 6.07 Å². The molecule has 0 radical (unpaired) electrons. The molecule has 2 aromatic carbocycles. The number of methoxy groups -OCH3 is 1. The second-order valence-electron chi connectivity index (χ2n) is 5.05. The van der Waals surface area contributed by atoms with E-state index < -0.39 is 17.0 Å². The smallest absolute Gasteiger partial charge is 0.338 e. The maximum Gasteiger partial charge on any atom is 0.338 e. The van der Waals surface area contributed by atoms with E-state index in [1.54, 1.807) is 43.3 Å². The third-order valence-electron chi connectivity index (χ3n) is 3.50. The number of carbonyl (C=O) groups is 1. The van der Waals surface area contributed by atoms with E-state index >= 15 is 0 Å². The van der Waals surface area contributed by atoms with Crippen molar-refractivity contribution in [3.8, 4) is 5.75 Å². The van der Waals surface area contributed by atoms with Crippen molar-refractivity contribution in [1.29, 1.82) is 0 Å². The van der Waals surface area contributed by atoms with Crippen molar-refractivity contribution in [2.75, 3.05) is 7.11 Å². The molecule has 120 valence electrons. The molecule has 2 rings (SSSR count). The maximum absolute atomic E-state index is 12.2. The fourth-order valence-corrected chi connectivity index (χ4v) is 2.24. The van der Waals surface area contributed by atoms with Crippen molar-refractivity contribution in [2.45, 2.75) is 20.0 Å². The SMILES string of the molecule is COc1cc(C(=O)OC(C)c2ccccc2[N+](=O)[O-])ccc1C. The van der Waals surface area contributed by atoms with E-state index in [4.69, 9.17) is 9.47 Å². The van der Waals surface area contributed by atoms with Crippen molar-refractivity contribution in [3.05, 3.63) is 69.3 Å². The zero-order chi connectivity index (χ0) is 17.0. The third kappa shape index (κ3) is 3.66. The number of nitro benzene ring substituents is 1. The topological polar surface area (TPSA) is 78.7 Å². The standard InChI is InChI=1S/C17H17NO5/c1-11-8-9-13(10-16(11)22-3)17(19)23-12(2)14-6-4-5-7-15(14)18(20)21/h4-10,12H,1-3H3. The molecule has 0 fully saturated rings. The van der Waals surface area contributed by atoms with Gasteiger partial charge in [-0.05, 0) is 37.6 Å². The minimum absolute atomic E-state index is 0.0747. The van der Waals surface area contributed by atoms with E-state index in [1.165, 1.54) is 13.2 Å². The van der Waals surface area contributed by atoms with E-state index in [-0.39, 0.29) is 5.69 Å². The molecule has 0 saturated heterocycles. The molecular formula is C17H17NO5. The van der Waals surface area contributed by atoms with E-state index in [0.717, 1.165) is 5.56 Å². The van der Waals surface area contributed by atoms with Gasteiger partial charge in [0.15, 0.2) is 0 Å². The molecule has 0 spiro atoms. The van der Waals surface area contributed by atoms with Gasteiger partial charge in [-0.2, -0.15) is 0 Å². The molecule has 0 amide bonds. The fourth-order valence-electron chi connectivity index (χ4n) is 2.24. The molecule has 0 bridgehead atoms. The first-order chi connectivity index (χ1) is 10.9. The molecule has 2 aromatic rings. The lowest BCUT2D eigenvalue weighted by molar-refractivity contribution is -0.386. The molecule has 0 aliphatic carbocycles. The van der Waals surface area contributed by atoms with Crippen molar-refractivity contribution in [1.82, 2.24) is 0 Å². The zero-order valence-corrected chi connectivity index (χ0v) is 13.1. The predicted octanol–water partition coefficient (Wildman–Crippen LogP) is 3.83. The Balaban J connectivity index is 2.22. The highest BCUT2D eigenvalue weighted by molar-refractivity contribution is 5.90. The summed E-state index contributed by atoms with van der Waals surface area (Å²) < 4.78 is 10.5. The van der Waals surface area contributed by atoms with Crippen LogP contribution in [0.3, 0.4) is 0 Å². The van der Waals surface area contributed by atoms with E-state index in [9.17, 15) is 14.9 Å². The summed E-state index contributed by atoms with van der Waals surface area (Å²) in [6.07, 6.45) is -0.739. The van der Waals surface area contributed by atoms with Crippen molar-refractivity contribution >= 4 is 11.7 Å². The average Bonchev–Trinajstić information content (AvgIpc) is 2.55. The van der Waals surface area contributed by atoms with Crippen molar-refractivity contribution < 1.29 is 19.2 Å². The quantitative estimate of drug-likeness (QED) is 0.476. The Labute approximate surface area is 133 Å². The second-order valence-corrected chi connectivity index (χ2v) is 5.05. The second kappa shape index (κ2) is 6.91. The van der Waals surface area contributed by atoms with Crippen LogP contribution in [0.15, 0.2) is 42.5 Å². The summed E-state index contributed by atoms with van der Waals surface area (Å²) >= 11 is 0. The number of hydrogen-bond acceptors (Lipinski definition) is 5. The summed E-state index contributed by atoms with van der Waals surface area (Å²) in [6, 6.07) is 11.2. The summed E-state index contributed by atoms with van der Waals surface area (Å²) in [7, 11) is 1.52. The van der Waals surface area contributed by atoms with Crippen LogP contribution in [-0.4, -0.2) is 18.0 Å². The molecule has 1 atom stereocenters. The Morgan fingerprint density at radius 3 is 2.57 bits per heavy atom. The van der Waals surface area contributed by atoms with Gasteiger partial charge in [0.25, 0.3) is 5.69 Å².